The molecule has 0 aromatic heterocycles. The van der Waals surface area contributed by atoms with Gasteiger partial charge in [0.05, 0.1) is 0 Å². The standard InChI is InChI=1S/C11H22N4S2/c1-8-6-15(7-9(2)14(8)5)11(17)12-10(16)13(3)4/h8-9H,6-7H2,1-5H3,(H,12,16,17). The van der Waals surface area contributed by atoms with E-state index in [0.29, 0.717) is 17.2 Å². The molecule has 0 saturated carbocycles. The van der Waals surface area contributed by atoms with Crippen molar-refractivity contribution in [3.8, 4) is 0 Å². The van der Waals surface area contributed by atoms with Crippen LogP contribution in [0.25, 0.3) is 0 Å². The van der Waals surface area contributed by atoms with E-state index in [9.17, 15) is 0 Å². The van der Waals surface area contributed by atoms with Crippen LogP contribution < -0.4 is 5.32 Å². The number of likely N-dealkylation sites (N-methyl/N-ethyl adjacent to an activating group) is 1. The van der Waals surface area contributed by atoms with Gasteiger partial charge in [0.1, 0.15) is 0 Å². The molecule has 0 aliphatic carbocycles. The average Bonchev–Trinajstić information content (AvgIpc) is 2.24. The first kappa shape index (κ1) is 14.6. The molecule has 98 valence electrons. The Hall–Kier alpha value is -0.460. The first-order valence-corrected chi connectivity index (χ1v) is 6.63. The quantitative estimate of drug-likeness (QED) is 0.653. The maximum Gasteiger partial charge on any atom is 0.175 e. The summed E-state index contributed by atoms with van der Waals surface area (Å²) in [4.78, 5) is 6.43. The summed E-state index contributed by atoms with van der Waals surface area (Å²) >= 11 is 10.6. The van der Waals surface area contributed by atoms with E-state index in [0.717, 1.165) is 18.2 Å². The van der Waals surface area contributed by atoms with Crippen LogP contribution in [0.15, 0.2) is 0 Å². The number of hydrogen-bond donors (Lipinski definition) is 1. The van der Waals surface area contributed by atoms with Gasteiger partial charge in [0.15, 0.2) is 10.2 Å². The zero-order valence-electron chi connectivity index (χ0n) is 11.2. The summed E-state index contributed by atoms with van der Waals surface area (Å²) in [5, 5.41) is 4.49. The molecule has 0 aromatic carbocycles. The normalized spacial score (nSPS) is 25.6. The second-order valence-electron chi connectivity index (χ2n) is 4.90. The van der Waals surface area contributed by atoms with Crippen molar-refractivity contribution < 1.29 is 0 Å². The smallest absolute Gasteiger partial charge is 0.175 e. The van der Waals surface area contributed by atoms with E-state index in [2.05, 4.69) is 36.0 Å². The number of nitrogens with zero attached hydrogens (tertiary/aromatic N) is 3. The molecule has 0 radical (unpaired) electrons. The number of piperazine rings is 1. The SMILES string of the molecule is CC1CN(C(=S)NC(=S)N(C)C)CC(C)N1C. The second kappa shape index (κ2) is 5.93. The molecule has 1 fully saturated rings. The van der Waals surface area contributed by atoms with Gasteiger partial charge in [-0.15, -0.1) is 0 Å². The van der Waals surface area contributed by atoms with Crippen molar-refractivity contribution in [2.45, 2.75) is 25.9 Å². The summed E-state index contributed by atoms with van der Waals surface area (Å²) in [5.41, 5.74) is 0. The summed E-state index contributed by atoms with van der Waals surface area (Å²) in [6.45, 7) is 6.33. The highest BCUT2D eigenvalue weighted by Gasteiger charge is 2.27. The molecule has 1 aliphatic heterocycles. The summed E-state index contributed by atoms with van der Waals surface area (Å²) in [5.74, 6) is 0. The van der Waals surface area contributed by atoms with Gasteiger partial charge in [0.2, 0.25) is 0 Å². The van der Waals surface area contributed by atoms with Gasteiger partial charge in [-0.1, -0.05) is 0 Å². The summed E-state index contributed by atoms with van der Waals surface area (Å²) in [6.07, 6.45) is 0. The zero-order chi connectivity index (χ0) is 13.2. The molecular formula is C11H22N4S2. The molecule has 1 rings (SSSR count). The molecule has 6 heteroatoms. The fourth-order valence-corrected chi connectivity index (χ4v) is 2.26. The van der Waals surface area contributed by atoms with Crippen LogP contribution in [-0.4, -0.2) is 71.2 Å². The zero-order valence-corrected chi connectivity index (χ0v) is 12.9. The van der Waals surface area contributed by atoms with E-state index >= 15 is 0 Å². The molecule has 0 spiro atoms. The highest BCUT2D eigenvalue weighted by molar-refractivity contribution is 7.81. The monoisotopic (exact) mass is 274 g/mol. The van der Waals surface area contributed by atoms with Crippen LogP contribution in [0.2, 0.25) is 0 Å². The van der Waals surface area contributed by atoms with Gasteiger partial charge in [-0.2, -0.15) is 0 Å². The lowest BCUT2D eigenvalue weighted by atomic mass is 10.1. The van der Waals surface area contributed by atoms with Crippen molar-refractivity contribution in [2.75, 3.05) is 34.2 Å². The minimum Gasteiger partial charge on any atom is -0.355 e. The van der Waals surface area contributed by atoms with E-state index in [-0.39, 0.29) is 0 Å². The third kappa shape index (κ3) is 3.76. The predicted octanol–water partition coefficient (Wildman–Crippen LogP) is 0.732. The highest BCUT2D eigenvalue weighted by Crippen LogP contribution is 2.13. The Bertz CT molecular complexity index is 294. The van der Waals surface area contributed by atoms with Gasteiger partial charge in [0, 0.05) is 39.3 Å². The minimum atomic E-state index is 0.506. The largest absolute Gasteiger partial charge is 0.355 e. The summed E-state index contributed by atoms with van der Waals surface area (Å²) in [7, 11) is 5.98. The molecule has 1 aliphatic rings. The molecular weight excluding hydrogens is 252 g/mol. The Morgan fingerprint density at radius 2 is 1.65 bits per heavy atom. The molecule has 4 nitrogen and oxygen atoms in total. The van der Waals surface area contributed by atoms with Crippen molar-refractivity contribution in [3.05, 3.63) is 0 Å². The fourth-order valence-electron chi connectivity index (χ4n) is 1.85. The van der Waals surface area contributed by atoms with Crippen molar-refractivity contribution in [1.29, 1.82) is 0 Å². The minimum absolute atomic E-state index is 0.506. The molecule has 1 saturated heterocycles. The van der Waals surface area contributed by atoms with Gasteiger partial charge in [0.25, 0.3) is 0 Å². The van der Waals surface area contributed by atoms with Gasteiger partial charge >= 0.3 is 0 Å². The van der Waals surface area contributed by atoms with Gasteiger partial charge in [-0.25, -0.2) is 0 Å². The fraction of sp³-hybridized carbons (Fsp3) is 0.818. The molecule has 2 atom stereocenters. The average molecular weight is 274 g/mol. The maximum absolute atomic E-state index is 5.40. The van der Waals surface area contributed by atoms with Gasteiger partial charge in [-0.05, 0) is 45.3 Å². The van der Waals surface area contributed by atoms with Crippen molar-refractivity contribution in [1.82, 2.24) is 20.0 Å². The van der Waals surface area contributed by atoms with Crippen LogP contribution in [0.1, 0.15) is 13.8 Å². The lowest BCUT2D eigenvalue weighted by molar-refractivity contribution is 0.0989. The molecule has 1 heterocycles. The Balaban J connectivity index is 2.56. The van der Waals surface area contributed by atoms with Crippen molar-refractivity contribution in [3.63, 3.8) is 0 Å². The van der Waals surface area contributed by atoms with Crippen molar-refractivity contribution >= 4 is 34.7 Å². The Kier molecular flexibility index (Phi) is 5.09. The molecule has 17 heavy (non-hydrogen) atoms. The Morgan fingerprint density at radius 1 is 1.18 bits per heavy atom. The number of thiocarbonyl (C=S) groups is 2. The van der Waals surface area contributed by atoms with Crippen LogP contribution in [-0.2, 0) is 0 Å². The maximum atomic E-state index is 5.40. The Labute approximate surface area is 115 Å². The van der Waals surface area contributed by atoms with E-state index in [1.807, 2.05) is 19.0 Å². The first-order valence-electron chi connectivity index (χ1n) is 5.82. The molecule has 0 amide bonds. The topological polar surface area (TPSA) is 21.8 Å². The van der Waals surface area contributed by atoms with Gasteiger partial charge < -0.3 is 15.1 Å². The summed E-state index contributed by atoms with van der Waals surface area (Å²) in [6, 6.07) is 1.01. The van der Waals surface area contributed by atoms with Crippen LogP contribution in [0.4, 0.5) is 0 Å². The van der Waals surface area contributed by atoms with E-state index in [4.69, 9.17) is 24.4 Å². The van der Waals surface area contributed by atoms with E-state index in [1.165, 1.54) is 0 Å². The number of hydrogen-bond acceptors (Lipinski definition) is 3. The van der Waals surface area contributed by atoms with E-state index in [1.54, 1.807) is 0 Å². The third-order valence-electron chi connectivity index (χ3n) is 3.27. The number of nitrogens with one attached hydrogen (secondary N) is 1. The molecule has 0 bridgehead atoms. The summed E-state index contributed by atoms with van der Waals surface area (Å²) < 4.78 is 0. The lowest BCUT2D eigenvalue weighted by Crippen LogP contribution is -2.59. The second-order valence-corrected chi connectivity index (χ2v) is 5.67. The lowest BCUT2D eigenvalue weighted by Gasteiger charge is -2.43. The molecule has 2 unspecified atom stereocenters. The van der Waals surface area contributed by atoms with Crippen LogP contribution in [0.3, 0.4) is 0 Å². The van der Waals surface area contributed by atoms with Crippen LogP contribution >= 0.6 is 24.4 Å². The van der Waals surface area contributed by atoms with E-state index < -0.39 is 0 Å². The number of rotatable bonds is 0. The highest BCUT2D eigenvalue weighted by atomic mass is 32.1. The Morgan fingerprint density at radius 3 is 2.06 bits per heavy atom. The third-order valence-corrected chi connectivity index (χ3v) is 4.09. The first-order chi connectivity index (χ1) is 7.82. The molecule has 0 aromatic rings. The predicted molar refractivity (Wildman–Crippen MR) is 80.3 cm³/mol. The van der Waals surface area contributed by atoms with Crippen molar-refractivity contribution in [2.24, 2.45) is 0 Å². The van der Waals surface area contributed by atoms with Crippen LogP contribution in [0, 0.1) is 0 Å². The molecule has 1 N–H and O–H groups in total. The van der Waals surface area contributed by atoms with Crippen LogP contribution in [0.5, 0.6) is 0 Å². The van der Waals surface area contributed by atoms with Gasteiger partial charge in [-0.3, -0.25) is 4.90 Å².